The Balaban J connectivity index is 1.81. The number of hydrogen-bond acceptors (Lipinski definition) is 3. The number of nitrogens with one attached hydrogen (secondary N) is 1. The van der Waals surface area contributed by atoms with Crippen molar-refractivity contribution < 1.29 is 9.90 Å². The lowest BCUT2D eigenvalue weighted by atomic mass is 10.1. The summed E-state index contributed by atoms with van der Waals surface area (Å²) in [4.78, 5) is 13.0. The summed E-state index contributed by atoms with van der Waals surface area (Å²) in [5.74, 6) is -0.891. The van der Waals surface area contributed by atoms with Crippen molar-refractivity contribution >= 4 is 11.7 Å². The molecule has 2 N–H and O–H groups in total. The molecule has 2 aromatic carbocycles. The van der Waals surface area contributed by atoms with Gasteiger partial charge in [0.15, 0.2) is 0 Å². The van der Waals surface area contributed by atoms with Crippen LogP contribution in [0, 0.1) is 0 Å². The molecule has 4 heteroatoms. The predicted octanol–water partition coefficient (Wildman–Crippen LogP) is 3.00. The summed E-state index contributed by atoms with van der Waals surface area (Å²) in [5.41, 5.74) is 2.60. The van der Waals surface area contributed by atoms with Crippen LogP contribution < -0.4 is 10.2 Å². The second kappa shape index (κ2) is 7.61. The quantitative estimate of drug-likeness (QED) is 0.825. The van der Waals surface area contributed by atoms with Gasteiger partial charge in [-0.05, 0) is 36.8 Å². The topological polar surface area (TPSA) is 52.6 Å². The predicted molar refractivity (Wildman–Crippen MR) is 89.4 cm³/mol. The van der Waals surface area contributed by atoms with E-state index in [1.807, 2.05) is 30.3 Å². The molecule has 0 heterocycles. The largest absolute Gasteiger partial charge is 0.478 e. The van der Waals surface area contributed by atoms with E-state index in [1.54, 1.807) is 12.1 Å². The molecule has 0 aliphatic heterocycles. The number of rotatable bonds is 7. The Morgan fingerprint density at radius 1 is 1.14 bits per heavy atom. The number of para-hydroxylation sites is 1. The summed E-state index contributed by atoms with van der Waals surface area (Å²) in [6.07, 6.45) is 0. The molecule has 1 atom stereocenters. The van der Waals surface area contributed by atoms with E-state index in [0.717, 1.165) is 18.7 Å². The fourth-order valence-corrected chi connectivity index (χ4v) is 2.25. The van der Waals surface area contributed by atoms with Gasteiger partial charge < -0.3 is 15.3 Å². The second-order valence-corrected chi connectivity index (χ2v) is 5.43. The van der Waals surface area contributed by atoms with Crippen LogP contribution in [0.25, 0.3) is 0 Å². The van der Waals surface area contributed by atoms with E-state index in [2.05, 4.69) is 36.3 Å². The van der Waals surface area contributed by atoms with Crippen molar-refractivity contribution in [3.8, 4) is 0 Å². The highest BCUT2D eigenvalue weighted by Crippen LogP contribution is 2.13. The summed E-state index contributed by atoms with van der Waals surface area (Å²) in [6, 6.07) is 17.6. The summed E-state index contributed by atoms with van der Waals surface area (Å²) >= 11 is 0. The molecule has 0 amide bonds. The van der Waals surface area contributed by atoms with Crippen LogP contribution in [-0.4, -0.2) is 30.7 Å². The number of hydrogen-bond donors (Lipinski definition) is 2. The number of carboxylic acids is 1. The zero-order valence-electron chi connectivity index (χ0n) is 13.0. The average Bonchev–Trinajstić information content (AvgIpc) is 2.55. The molecule has 0 aliphatic carbocycles. The van der Waals surface area contributed by atoms with Gasteiger partial charge in [-0.2, -0.15) is 0 Å². The van der Waals surface area contributed by atoms with Gasteiger partial charge in [0.1, 0.15) is 0 Å². The summed E-state index contributed by atoms with van der Waals surface area (Å²) in [6.45, 7) is 3.76. The first-order valence-corrected chi connectivity index (χ1v) is 7.39. The summed E-state index contributed by atoms with van der Waals surface area (Å²) in [7, 11) is 2.09. The minimum atomic E-state index is -0.891. The van der Waals surface area contributed by atoms with Gasteiger partial charge in [-0.15, -0.1) is 0 Å². The lowest BCUT2D eigenvalue weighted by molar-refractivity contribution is 0.0697. The highest BCUT2D eigenvalue weighted by molar-refractivity contribution is 5.87. The highest BCUT2D eigenvalue weighted by atomic mass is 16.4. The first-order chi connectivity index (χ1) is 10.6. The molecule has 4 nitrogen and oxygen atoms in total. The molecular weight excluding hydrogens is 276 g/mol. The van der Waals surface area contributed by atoms with E-state index in [4.69, 9.17) is 5.11 Å². The Labute approximate surface area is 131 Å². The Hall–Kier alpha value is -2.33. The van der Waals surface area contributed by atoms with Crippen molar-refractivity contribution in [1.82, 2.24) is 5.32 Å². The van der Waals surface area contributed by atoms with E-state index in [-0.39, 0.29) is 0 Å². The van der Waals surface area contributed by atoms with Crippen molar-refractivity contribution in [2.24, 2.45) is 0 Å². The van der Waals surface area contributed by atoms with Gasteiger partial charge in [0, 0.05) is 31.9 Å². The van der Waals surface area contributed by atoms with Gasteiger partial charge in [0.2, 0.25) is 0 Å². The maximum absolute atomic E-state index is 10.8. The van der Waals surface area contributed by atoms with Crippen molar-refractivity contribution in [2.45, 2.75) is 19.5 Å². The van der Waals surface area contributed by atoms with E-state index in [1.165, 1.54) is 5.69 Å². The first-order valence-electron chi connectivity index (χ1n) is 7.39. The summed E-state index contributed by atoms with van der Waals surface area (Å²) < 4.78 is 0. The lowest BCUT2D eigenvalue weighted by Gasteiger charge is -2.27. The van der Waals surface area contributed by atoms with Gasteiger partial charge in [-0.3, -0.25) is 0 Å². The molecule has 0 bridgehead atoms. The van der Waals surface area contributed by atoms with Crippen molar-refractivity contribution in [1.29, 1.82) is 0 Å². The van der Waals surface area contributed by atoms with Crippen LogP contribution in [-0.2, 0) is 6.54 Å². The van der Waals surface area contributed by atoms with Gasteiger partial charge in [0.05, 0.1) is 5.56 Å². The third-order valence-electron chi connectivity index (χ3n) is 3.79. The molecule has 2 aromatic rings. The van der Waals surface area contributed by atoms with E-state index in [0.29, 0.717) is 11.6 Å². The third kappa shape index (κ3) is 4.33. The van der Waals surface area contributed by atoms with Crippen molar-refractivity contribution in [3.05, 3.63) is 65.7 Å². The molecule has 22 heavy (non-hydrogen) atoms. The smallest absolute Gasteiger partial charge is 0.335 e. The fourth-order valence-electron chi connectivity index (χ4n) is 2.25. The standard InChI is InChI=1S/C18H22N2O2/c1-14(20(2)17-6-4-3-5-7-17)12-19-13-15-8-10-16(11-9-15)18(21)22/h3-11,14,19H,12-13H2,1-2H3,(H,21,22). The maximum Gasteiger partial charge on any atom is 0.335 e. The number of likely N-dealkylation sites (N-methyl/N-ethyl adjacent to an activating group) is 1. The molecule has 1 unspecified atom stereocenters. The average molecular weight is 298 g/mol. The SMILES string of the molecule is CC(CNCc1ccc(C(=O)O)cc1)N(C)c1ccccc1. The molecule has 0 spiro atoms. The number of benzene rings is 2. The Morgan fingerprint density at radius 2 is 1.77 bits per heavy atom. The van der Waals surface area contributed by atoms with Crippen LogP contribution in [0.2, 0.25) is 0 Å². The van der Waals surface area contributed by atoms with Crippen molar-refractivity contribution in [3.63, 3.8) is 0 Å². The minimum Gasteiger partial charge on any atom is -0.478 e. The molecule has 2 rings (SSSR count). The zero-order valence-corrected chi connectivity index (χ0v) is 13.0. The van der Waals surface area contributed by atoms with Gasteiger partial charge in [-0.25, -0.2) is 4.79 Å². The van der Waals surface area contributed by atoms with Crippen LogP contribution >= 0.6 is 0 Å². The van der Waals surface area contributed by atoms with Gasteiger partial charge in [-0.1, -0.05) is 30.3 Å². The van der Waals surface area contributed by atoms with Gasteiger partial charge >= 0.3 is 5.97 Å². The number of anilines is 1. The second-order valence-electron chi connectivity index (χ2n) is 5.43. The zero-order chi connectivity index (χ0) is 15.9. The van der Waals surface area contributed by atoms with Crippen LogP contribution in [0.15, 0.2) is 54.6 Å². The highest BCUT2D eigenvalue weighted by Gasteiger charge is 2.09. The molecular formula is C18H22N2O2. The fraction of sp³-hybridized carbons (Fsp3) is 0.278. The van der Waals surface area contributed by atoms with E-state index in [9.17, 15) is 4.79 Å². The van der Waals surface area contributed by atoms with Crippen LogP contribution in [0.1, 0.15) is 22.8 Å². The van der Waals surface area contributed by atoms with Crippen molar-refractivity contribution in [2.75, 3.05) is 18.5 Å². The molecule has 0 aliphatic rings. The minimum absolute atomic E-state index is 0.320. The molecule has 0 saturated heterocycles. The first kappa shape index (κ1) is 16.0. The van der Waals surface area contributed by atoms with E-state index < -0.39 is 5.97 Å². The van der Waals surface area contributed by atoms with E-state index >= 15 is 0 Å². The molecule has 0 fully saturated rings. The van der Waals surface area contributed by atoms with Crippen LogP contribution in [0.3, 0.4) is 0 Å². The Bertz CT molecular complexity index is 596. The molecule has 0 aromatic heterocycles. The third-order valence-corrected chi connectivity index (χ3v) is 3.79. The van der Waals surface area contributed by atoms with Crippen LogP contribution in [0.5, 0.6) is 0 Å². The van der Waals surface area contributed by atoms with Gasteiger partial charge in [0.25, 0.3) is 0 Å². The lowest BCUT2D eigenvalue weighted by Crippen LogP contribution is -2.37. The molecule has 116 valence electrons. The number of aromatic carboxylic acids is 1. The monoisotopic (exact) mass is 298 g/mol. The van der Waals surface area contributed by atoms with Crippen LogP contribution in [0.4, 0.5) is 5.69 Å². The maximum atomic E-state index is 10.8. The number of carbonyl (C=O) groups is 1. The normalized spacial score (nSPS) is 11.9. The molecule has 0 radical (unpaired) electrons. The number of carboxylic acid groups (broad SMARTS) is 1. The Morgan fingerprint density at radius 3 is 2.36 bits per heavy atom. The number of nitrogens with zero attached hydrogens (tertiary/aromatic N) is 1. The molecule has 0 saturated carbocycles. The Kier molecular flexibility index (Phi) is 5.55. The summed E-state index contributed by atoms with van der Waals surface area (Å²) in [5, 5.41) is 12.3.